The fraction of sp³-hybridized carbons (Fsp3) is 0.385. The van der Waals surface area contributed by atoms with Crippen LogP contribution < -0.4 is 5.32 Å². The van der Waals surface area contributed by atoms with E-state index < -0.39 is 23.0 Å². The van der Waals surface area contributed by atoms with Crippen LogP contribution in [0.25, 0.3) is 0 Å². The Morgan fingerprint density at radius 3 is 2.62 bits per heavy atom. The first-order valence-corrected chi connectivity index (χ1v) is 6.43. The molecule has 1 aliphatic heterocycles. The first-order chi connectivity index (χ1) is 10.0. The van der Waals surface area contributed by atoms with Gasteiger partial charge in [-0.1, -0.05) is 0 Å². The molecule has 8 nitrogen and oxygen atoms in total. The van der Waals surface area contributed by atoms with Crippen LogP contribution in [0.3, 0.4) is 0 Å². The third-order valence-electron chi connectivity index (χ3n) is 3.32. The van der Waals surface area contributed by atoms with Crippen LogP contribution in [0.1, 0.15) is 12.8 Å². The molecule has 1 atom stereocenters. The second kappa shape index (κ2) is 6.21. The van der Waals surface area contributed by atoms with Crippen molar-refractivity contribution in [2.75, 3.05) is 19.0 Å². The number of esters is 1. The highest BCUT2D eigenvalue weighted by Crippen LogP contribution is 2.21. The number of hydrogen-bond acceptors (Lipinski definition) is 5. The molecule has 0 aromatic heterocycles. The summed E-state index contributed by atoms with van der Waals surface area (Å²) >= 11 is 0. The molecule has 1 aromatic carbocycles. The number of nitro benzene ring substituents is 1. The molecule has 1 saturated heterocycles. The van der Waals surface area contributed by atoms with Crippen LogP contribution in [-0.2, 0) is 9.53 Å². The molecule has 8 heteroatoms. The lowest BCUT2D eigenvalue weighted by Crippen LogP contribution is -2.43. The van der Waals surface area contributed by atoms with Crippen LogP contribution >= 0.6 is 0 Å². The number of nitrogens with zero attached hydrogens (tertiary/aromatic N) is 2. The Labute approximate surface area is 120 Å². The molecule has 0 spiro atoms. The average Bonchev–Trinajstić information content (AvgIpc) is 2.96. The summed E-state index contributed by atoms with van der Waals surface area (Å²) in [6, 6.07) is 4.50. The summed E-state index contributed by atoms with van der Waals surface area (Å²) in [7, 11) is 1.28. The van der Waals surface area contributed by atoms with Crippen molar-refractivity contribution < 1.29 is 19.2 Å². The molecule has 1 aromatic rings. The van der Waals surface area contributed by atoms with Crippen LogP contribution in [0.5, 0.6) is 0 Å². The first kappa shape index (κ1) is 14.8. The van der Waals surface area contributed by atoms with Crippen LogP contribution in [0.2, 0.25) is 0 Å². The molecule has 112 valence electrons. The number of anilines is 1. The quantitative estimate of drug-likeness (QED) is 0.520. The number of urea groups is 1. The fourth-order valence-corrected chi connectivity index (χ4v) is 2.25. The Bertz CT molecular complexity index is 557. The van der Waals surface area contributed by atoms with E-state index in [1.807, 2.05) is 0 Å². The predicted molar refractivity (Wildman–Crippen MR) is 73.9 cm³/mol. The maximum atomic E-state index is 12.1. The zero-order valence-electron chi connectivity index (χ0n) is 11.4. The van der Waals surface area contributed by atoms with Gasteiger partial charge in [-0.05, 0) is 25.0 Å². The van der Waals surface area contributed by atoms with Crippen molar-refractivity contribution in [3.8, 4) is 0 Å². The van der Waals surface area contributed by atoms with E-state index in [2.05, 4.69) is 10.1 Å². The van der Waals surface area contributed by atoms with Gasteiger partial charge < -0.3 is 15.0 Å². The Morgan fingerprint density at radius 1 is 1.38 bits per heavy atom. The molecule has 0 radical (unpaired) electrons. The highest BCUT2D eigenvalue weighted by atomic mass is 16.6. The molecule has 1 fully saturated rings. The Kier molecular flexibility index (Phi) is 4.36. The van der Waals surface area contributed by atoms with E-state index in [9.17, 15) is 19.7 Å². The van der Waals surface area contributed by atoms with Gasteiger partial charge in [-0.3, -0.25) is 10.1 Å². The number of nitrogens with one attached hydrogen (secondary N) is 1. The maximum absolute atomic E-state index is 12.1. The predicted octanol–water partition coefficient (Wildman–Crippen LogP) is 1.76. The summed E-state index contributed by atoms with van der Waals surface area (Å²) in [6.07, 6.45) is 1.30. The highest BCUT2D eigenvalue weighted by Gasteiger charge is 2.34. The smallest absolute Gasteiger partial charge is 0.328 e. The van der Waals surface area contributed by atoms with E-state index in [1.165, 1.54) is 36.3 Å². The topological polar surface area (TPSA) is 102 Å². The number of carbonyl (C=O) groups is 2. The number of non-ortho nitro benzene ring substituents is 1. The summed E-state index contributed by atoms with van der Waals surface area (Å²) in [5.41, 5.74) is 0.378. The minimum Gasteiger partial charge on any atom is -0.467 e. The molecule has 2 rings (SSSR count). The minimum absolute atomic E-state index is 0.0541. The molecule has 1 aliphatic rings. The van der Waals surface area contributed by atoms with Crippen molar-refractivity contribution in [1.82, 2.24) is 4.90 Å². The molecule has 1 N–H and O–H groups in total. The largest absolute Gasteiger partial charge is 0.467 e. The molecule has 0 aliphatic carbocycles. The average molecular weight is 293 g/mol. The van der Waals surface area contributed by atoms with Crippen molar-refractivity contribution in [3.63, 3.8) is 0 Å². The Balaban J connectivity index is 2.03. The third kappa shape index (κ3) is 3.28. The second-order valence-electron chi connectivity index (χ2n) is 4.61. The highest BCUT2D eigenvalue weighted by molar-refractivity contribution is 5.93. The summed E-state index contributed by atoms with van der Waals surface area (Å²) in [5, 5.41) is 13.2. The zero-order chi connectivity index (χ0) is 15.4. The second-order valence-corrected chi connectivity index (χ2v) is 4.61. The summed E-state index contributed by atoms with van der Waals surface area (Å²) < 4.78 is 4.67. The summed E-state index contributed by atoms with van der Waals surface area (Å²) in [5.74, 6) is -0.439. The molecule has 1 unspecified atom stereocenters. The van der Waals surface area contributed by atoms with Gasteiger partial charge in [0.25, 0.3) is 5.69 Å². The Hall–Kier alpha value is -2.64. The van der Waals surface area contributed by atoms with Gasteiger partial charge in [-0.25, -0.2) is 9.59 Å². The van der Waals surface area contributed by atoms with Crippen LogP contribution in [0.4, 0.5) is 16.2 Å². The number of rotatable bonds is 3. The van der Waals surface area contributed by atoms with E-state index >= 15 is 0 Å². The van der Waals surface area contributed by atoms with E-state index in [0.29, 0.717) is 18.7 Å². The van der Waals surface area contributed by atoms with Gasteiger partial charge in [0, 0.05) is 24.4 Å². The fourth-order valence-electron chi connectivity index (χ4n) is 2.25. The normalized spacial score (nSPS) is 17.4. The van der Waals surface area contributed by atoms with Crippen molar-refractivity contribution in [2.45, 2.75) is 18.9 Å². The number of benzene rings is 1. The molecule has 21 heavy (non-hydrogen) atoms. The Morgan fingerprint density at radius 2 is 2.05 bits per heavy atom. The van der Waals surface area contributed by atoms with Gasteiger partial charge in [0.2, 0.25) is 0 Å². The van der Waals surface area contributed by atoms with Gasteiger partial charge in [0.15, 0.2) is 0 Å². The van der Waals surface area contributed by atoms with Crippen LogP contribution in [0.15, 0.2) is 24.3 Å². The lowest BCUT2D eigenvalue weighted by Gasteiger charge is -2.22. The van der Waals surface area contributed by atoms with Crippen molar-refractivity contribution >= 4 is 23.4 Å². The molecule has 1 heterocycles. The minimum atomic E-state index is -0.576. The molecule has 0 bridgehead atoms. The lowest BCUT2D eigenvalue weighted by molar-refractivity contribution is -0.384. The van der Waals surface area contributed by atoms with Gasteiger partial charge in [-0.15, -0.1) is 0 Å². The summed E-state index contributed by atoms with van der Waals surface area (Å²) in [4.78, 5) is 35.2. The maximum Gasteiger partial charge on any atom is 0.328 e. The SMILES string of the molecule is COC(=O)C1CCCN1C(=O)Nc1ccc([N+](=O)[O-])cc1. The number of methoxy groups -OCH3 is 1. The van der Waals surface area contributed by atoms with Gasteiger partial charge >= 0.3 is 12.0 Å². The van der Waals surface area contributed by atoms with Crippen molar-refractivity contribution in [2.24, 2.45) is 0 Å². The number of nitro groups is 1. The van der Waals surface area contributed by atoms with Crippen molar-refractivity contribution in [3.05, 3.63) is 34.4 Å². The number of carbonyl (C=O) groups excluding carboxylic acids is 2. The number of ether oxygens (including phenoxy) is 1. The van der Waals surface area contributed by atoms with E-state index in [4.69, 9.17) is 0 Å². The summed E-state index contributed by atoms with van der Waals surface area (Å²) in [6.45, 7) is 0.471. The van der Waals surface area contributed by atoms with E-state index in [-0.39, 0.29) is 5.69 Å². The number of hydrogen-bond donors (Lipinski definition) is 1. The standard InChI is InChI=1S/C13H15N3O5/c1-21-12(17)11-3-2-8-15(11)13(18)14-9-4-6-10(7-5-9)16(19)20/h4-7,11H,2-3,8H2,1H3,(H,14,18). The van der Waals surface area contributed by atoms with Gasteiger partial charge in [0.05, 0.1) is 12.0 Å². The van der Waals surface area contributed by atoms with E-state index in [0.717, 1.165) is 6.42 Å². The van der Waals surface area contributed by atoms with E-state index in [1.54, 1.807) is 0 Å². The van der Waals surface area contributed by atoms with Crippen LogP contribution in [0, 0.1) is 10.1 Å². The van der Waals surface area contributed by atoms with Gasteiger partial charge in [-0.2, -0.15) is 0 Å². The number of amides is 2. The van der Waals surface area contributed by atoms with Crippen molar-refractivity contribution in [1.29, 1.82) is 0 Å². The molecular weight excluding hydrogens is 278 g/mol. The number of likely N-dealkylation sites (tertiary alicyclic amines) is 1. The monoisotopic (exact) mass is 293 g/mol. The van der Waals surface area contributed by atoms with Gasteiger partial charge in [0.1, 0.15) is 6.04 Å². The molecule has 2 amide bonds. The lowest BCUT2D eigenvalue weighted by atomic mass is 10.2. The molecule has 0 saturated carbocycles. The molecular formula is C13H15N3O5. The van der Waals surface area contributed by atoms with Crippen LogP contribution in [-0.4, -0.2) is 41.5 Å². The third-order valence-corrected chi connectivity index (χ3v) is 3.32. The first-order valence-electron chi connectivity index (χ1n) is 6.43. The zero-order valence-corrected chi connectivity index (χ0v) is 11.4.